The van der Waals surface area contributed by atoms with Crippen molar-refractivity contribution in [2.45, 2.75) is 13.8 Å². The highest BCUT2D eigenvalue weighted by Crippen LogP contribution is 2.18. The number of carbonyl (C=O) groups is 2. The molecule has 0 saturated heterocycles. The van der Waals surface area contributed by atoms with Gasteiger partial charge in [0.2, 0.25) is 0 Å². The zero-order chi connectivity index (χ0) is 17.8. The molecule has 3 aromatic rings. The highest BCUT2D eigenvalue weighted by molar-refractivity contribution is 6.17. The van der Waals surface area contributed by atoms with Crippen LogP contribution in [-0.2, 0) is 0 Å². The first-order chi connectivity index (χ1) is 12.1. The summed E-state index contributed by atoms with van der Waals surface area (Å²) in [4.78, 5) is 29.5. The zero-order valence-electron chi connectivity index (χ0n) is 14.1. The molecule has 1 N–H and O–H groups in total. The second-order valence-electron chi connectivity index (χ2n) is 5.87. The molecule has 2 aromatic carbocycles. The van der Waals surface area contributed by atoms with Crippen molar-refractivity contribution < 1.29 is 9.59 Å². The molecule has 1 aromatic heterocycles. The van der Waals surface area contributed by atoms with Crippen molar-refractivity contribution >= 4 is 17.4 Å². The van der Waals surface area contributed by atoms with E-state index in [1.807, 2.05) is 26.0 Å². The van der Waals surface area contributed by atoms with Crippen LogP contribution in [0.3, 0.4) is 0 Å². The molecule has 0 aliphatic rings. The second kappa shape index (κ2) is 7.09. The Hall–Kier alpha value is -3.27. The Bertz CT molecular complexity index is 934. The van der Waals surface area contributed by atoms with E-state index in [2.05, 4.69) is 10.3 Å². The van der Waals surface area contributed by atoms with Crippen LogP contribution in [0.5, 0.6) is 0 Å². The number of pyridine rings is 1. The molecular weight excluding hydrogens is 312 g/mol. The van der Waals surface area contributed by atoms with Gasteiger partial charge in [-0.1, -0.05) is 30.3 Å². The fourth-order valence-corrected chi connectivity index (χ4v) is 2.55. The minimum Gasteiger partial charge on any atom is -0.321 e. The van der Waals surface area contributed by atoms with Gasteiger partial charge in [-0.25, -0.2) is 0 Å². The van der Waals surface area contributed by atoms with Crippen molar-refractivity contribution in [1.82, 2.24) is 4.98 Å². The van der Waals surface area contributed by atoms with Crippen LogP contribution in [0.4, 0.5) is 5.69 Å². The minimum atomic E-state index is -0.333. The third-order valence-corrected chi connectivity index (χ3v) is 4.10. The molecule has 0 fully saturated rings. The van der Waals surface area contributed by atoms with Crippen LogP contribution in [0.15, 0.2) is 67.0 Å². The maximum Gasteiger partial charge on any atom is 0.256 e. The van der Waals surface area contributed by atoms with Gasteiger partial charge in [-0.15, -0.1) is 0 Å². The summed E-state index contributed by atoms with van der Waals surface area (Å²) in [7, 11) is 0. The van der Waals surface area contributed by atoms with E-state index < -0.39 is 0 Å². The Morgan fingerprint density at radius 3 is 2.32 bits per heavy atom. The Balaban J connectivity index is 1.93. The number of nitrogens with zero attached hydrogens (tertiary/aromatic N) is 1. The molecule has 1 heterocycles. The molecule has 0 bridgehead atoms. The SMILES string of the molecule is Cc1ccc(C(=O)c2ccccc2C(=O)Nc2cccnc2)cc1C. The molecule has 25 heavy (non-hydrogen) atoms. The zero-order valence-corrected chi connectivity index (χ0v) is 14.1. The Morgan fingerprint density at radius 2 is 1.64 bits per heavy atom. The van der Waals surface area contributed by atoms with E-state index >= 15 is 0 Å². The average molecular weight is 330 g/mol. The summed E-state index contributed by atoms with van der Waals surface area (Å²) in [5.41, 5.74) is 4.05. The Labute approximate surface area is 146 Å². The monoisotopic (exact) mass is 330 g/mol. The Morgan fingerprint density at radius 1 is 0.880 bits per heavy atom. The summed E-state index contributed by atoms with van der Waals surface area (Å²) < 4.78 is 0. The summed E-state index contributed by atoms with van der Waals surface area (Å²) in [6.45, 7) is 3.96. The highest BCUT2D eigenvalue weighted by atomic mass is 16.2. The predicted molar refractivity (Wildman–Crippen MR) is 98.0 cm³/mol. The van der Waals surface area contributed by atoms with Crippen LogP contribution in [-0.4, -0.2) is 16.7 Å². The molecule has 0 unspecified atom stereocenters. The van der Waals surface area contributed by atoms with Crippen LogP contribution in [0.2, 0.25) is 0 Å². The molecule has 1 amide bonds. The maximum atomic E-state index is 12.9. The summed E-state index contributed by atoms with van der Waals surface area (Å²) >= 11 is 0. The normalized spacial score (nSPS) is 10.3. The van der Waals surface area contributed by atoms with Crippen molar-refractivity contribution in [2.75, 3.05) is 5.32 Å². The standard InChI is InChI=1S/C21H18N2O2/c1-14-9-10-16(12-15(14)2)20(24)18-7-3-4-8-19(18)21(25)23-17-6-5-11-22-13-17/h3-13H,1-2H3,(H,23,25). The van der Waals surface area contributed by atoms with Crippen LogP contribution in [0.1, 0.15) is 37.4 Å². The molecule has 0 aliphatic heterocycles. The third-order valence-electron chi connectivity index (χ3n) is 4.10. The minimum absolute atomic E-state index is 0.167. The number of carbonyl (C=O) groups excluding carboxylic acids is 2. The molecule has 124 valence electrons. The fourth-order valence-electron chi connectivity index (χ4n) is 2.55. The number of rotatable bonds is 4. The predicted octanol–water partition coefficient (Wildman–Crippen LogP) is 4.18. The van der Waals surface area contributed by atoms with Crippen LogP contribution >= 0.6 is 0 Å². The number of aromatic nitrogens is 1. The molecule has 4 nitrogen and oxygen atoms in total. The van der Waals surface area contributed by atoms with E-state index in [0.717, 1.165) is 11.1 Å². The largest absolute Gasteiger partial charge is 0.321 e. The van der Waals surface area contributed by atoms with Gasteiger partial charge in [-0.05, 0) is 49.2 Å². The molecule has 0 atom stereocenters. The Kier molecular flexibility index (Phi) is 4.70. The van der Waals surface area contributed by atoms with Crippen LogP contribution < -0.4 is 5.32 Å². The number of amides is 1. The maximum absolute atomic E-state index is 12.9. The van der Waals surface area contributed by atoms with E-state index in [1.165, 1.54) is 0 Å². The van der Waals surface area contributed by atoms with E-state index in [9.17, 15) is 9.59 Å². The quantitative estimate of drug-likeness (QED) is 0.730. The molecular formula is C21H18N2O2. The van der Waals surface area contributed by atoms with E-state index in [1.54, 1.807) is 54.9 Å². The number of hydrogen-bond donors (Lipinski definition) is 1. The van der Waals surface area contributed by atoms with Gasteiger partial charge in [0.25, 0.3) is 5.91 Å². The lowest BCUT2D eigenvalue weighted by molar-refractivity contribution is 0.0996. The third kappa shape index (κ3) is 3.63. The van der Waals surface area contributed by atoms with Gasteiger partial charge in [0.1, 0.15) is 0 Å². The summed E-state index contributed by atoms with van der Waals surface area (Å²) in [6, 6.07) is 15.9. The molecule has 4 heteroatoms. The summed E-state index contributed by atoms with van der Waals surface area (Å²) in [6.07, 6.45) is 3.19. The number of ketones is 1. The van der Waals surface area contributed by atoms with Crippen molar-refractivity contribution in [1.29, 1.82) is 0 Å². The van der Waals surface area contributed by atoms with Gasteiger partial charge in [0, 0.05) is 17.3 Å². The van der Waals surface area contributed by atoms with Crippen LogP contribution in [0.25, 0.3) is 0 Å². The number of hydrogen-bond acceptors (Lipinski definition) is 3. The van der Waals surface area contributed by atoms with E-state index in [-0.39, 0.29) is 11.7 Å². The van der Waals surface area contributed by atoms with Crippen molar-refractivity contribution in [3.8, 4) is 0 Å². The van der Waals surface area contributed by atoms with Gasteiger partial charge >= 0.3 is 0 Å². The first-order valence-corrected chi connectivity index (χ1v) is 7.98. The summed E-state index contributed by atoms with van der Waals surface area (Å²) in [5, 5.41) is 2.77. The van der Waals surface area contributed by atoms with Gasteiger partial charge in [0.15, 0.2) is 5.78 Å². The van der Waals surface area contributed by atoms with E-state index in [4.69, 9.17) is 0 Å². The lowest BCUT2D eigenvalue weighted by Crippen LogP contribution is -2.17. The molecule has 3 rings (SSSR count). The van der Waals surface area contributed by atoms with Gasteiger partial charge in [-0.3, -0.25) is 14.6 Å². The van der Waals surface area contributed by atoms with E-state index in [0.29, 0.717) is 22.4 Å². The fraction of sp³-hybridized carbons (Fsp3) is 0.0952. The highest BCUT2D eigenvalue weighted by Gasteiger charge is 2.18. The lowest BCUT2D eigenvalue weighted by Gasteiger charge is -2.10. The van der Waals surface area contributed by atoms with Crippen LogP contribution in [0, 0.1) is 13.8 Å². The van der Waals surface area contributed by atoms with Gasteiger partial charge in [0.05, 0.1) is 17.4 Å². The summed E-state index contributed by atoms with van der Waals surface area (Å²) in [5.74, 6) is -0.499. The molecule has 0 aliphatic carbocycles. The van der Waals surface area contributed by atoms with Gasteiger partial charge in [-0.2, -0.15) is 0 Å². The van der Waals surface area contributed by atoms with Crippen molar-refractivity contribution in [2.24, 2.45) is 0 Å². The van der Waals surface area contributed by atoms with Crippen molar-refractivity contribution in [3.05, 3.63) is 94.8 Å². The van der Waals surface area contributed by atoms with Gasteiger partial charge < -0.3 is 5.32 Å². The smallest absolute Gasteiger partial charge is 0.256 e. The topological polar surface area (TPSA) is 59.1 Å². The average Bonchev–Trinajstić information content (AvgIpc) is 2.64. The number of aryl methyl sites for hydroxylation is 2. The molecule has 0 radical (unpaired) electrons. The number of anilines is 1. The first-order valence-electron chi connectivity index (χ1n) is 7.98. The number of benzene rings is 2. The second-order valence-corrected chi connectivity index (χ2v) is 5.87. The lowest BCUT2D eigenvalue weighted by atomic mass is 9.95. The number of nitrogens with one attached hydrogen (secondary N) is 1. The molecule has 0 spiro atoms. The first kappa shape index (κ1) is 16.6. The molecule has 0 saturated carbocycles. The van der Waals surface area contributed by atoms with Crippen molar-refractivity contribution in [3.63, 3.8) is 0 Å².